The van der Waals surface area contributed by atoms with E-state index < -0.39 is 0 Å². The van der Waals surface area contributed by atoms with Crippen molar-refractivity contribution in [3.8, 4) is 0 Å². The first-order valence-electron chi connectivity index (χ1n) is 4.38. The van der Waals surface area contributed by atoms with Crippen molar-refractivity contribution in [2.24, 2.45) is 5.84 Å². The van der Waals surface area contributed by atoms with Gasteiger partial charge < -0.3 is 5.43 Å². The van der Waals surface area contributed by atoms with Crippen molar-refractivity contribution in [2.75, 3.05) is 0 Å². The van der Waals surface area contributed by atoms with Gasteiger partial charge in [-0.1, -0.05) is 39.3 Å². The zero-order valence-electron chi connectivity index (χ0n) is 8.01. The van der Waals surface area contributed by atoms with Crippen LogP contribution in [-0.4, -0.2) is 4.52 Å². The van der Waals surface area contributed by atoms with Crippen molar-refractivity contribution in [3.63, 3.8) is 0 Å². The van der Waals surface area contributed by atoms with E-state index in [-0.39, 0.29) is 0 Å². The molecule has 0 aliphatic carbocycles. The molecule has 1 aliphatic heterocycles. The molecular weight excluding hydrogens is 289 g/mol. The van der Waals surface area contributed by atoms with Crippen molar-refractivity contribution < 1.29 is 0 Å². The lowest BCUT2D eigenvalue weighted by Crippen LogP contribution is -2.30. The maximum atomic E-state index is 6.10. The number of hydrogen-bond donors (Lipinski definition) is 2. The number of hydrazine groups is 2. The van der Waals surface area contributed by atoms with Gasteiger partial charge in [-0.25, -0.2) is 5.84 Å². The second kappa shape index (κ2) is 5.04. The Balaban J connectivity index is 2.24. The molecule has 1 aromatic rings. The number of nitrogens with two attached hydrogens (primary N) is 1. The number of nitrogens with zero attached hydrogens (tertiary/aromatic N) is 1. The largest absolute Gasteiger partial charge is 0.302 e. The Morgan fingerprint density at radius 1 is 1.25 bits per heavy atom. The van der Waals surface area contributed by atoms with Crippen molar-refractivity contribution >= 4 is 46.8 Å². The molecule has 0 bridgehead atoms. The Labute approximate surface area is 113 Å². The number of allylic oxidation sites excluding steroid dienone is 1. The first-order valence-corrected chi connectivity index (χ1v) is 6.29. The Morgan fingerprint density at radius 3 is 2.56 bits per heavy atom. The van der Waals surface area contributed by atoms with Crippen molar-refractivity contribution in [2.45, 2.75) is 6.42 Å². The van der Waals surface area contributed by atoms with Gasteiger partial charge in [0.25, 0.3) is 0 Å². The van der Waals surface area contributed by atoms with Crippen molar-refractivity contribution in [3.05, 3.63) is 43.9 Å². The molecule has 7 heteroatoms. The van der Waals surface area contributed by atoms with E-state index in [1.807, 2.05) is 0 Å². The molecule has 0 saturated heterocycles. The Morgan fingerprint density at radius 2 is 1.94 bits per heavy atom. The van der Waals surface area contributed by atoms with Crippen LogP contribution in [0.15, 0.2) is 23.2 Å². The van der Waals surface area contributed by atoms with Crippen molar-refractivity contribution in [1.29, 1.82) is 0 Å². The van der Waals surface area contributed by atoms with Crippen LogP contribution in [0.2, 0.25) is 15.1 Å². The maximum absolute atomic E-state index is 6.10. The van der Waals surface area contributed by atoms with Gasteiger partial charge in [-0.3, -0.25) is 0 Å². The van der Waals surface area contributed by atoms with Gasteiger partial charge in [0.05, 0.1) is 10.0 Å². The summed E-state index contributed by atoms with van der Waals surface area (Å²) >= 11 is 19.5. The molecule has 3 nitrogen and oxygen atoms in total. The highest BCUT2D eigenvalue weighted by atomic mass is 35.5. The van der Waals surface area contributed by atoms with Gasteiger partial charge in [0, 0.05) is 22.5 Å². The Bertz CT molecular complexity index is 450. The highest BCUT2D eigenvalue weighted by molar-refractivity contribution is 8.00. The van der Waals surface area contributed by atoms with E-state index >= 15 is 0 Å². The summed E-state index contributed by atoms with van der Waals surface area (Å²) in [5, 5.41) is 1.60. The minimum Gasteiger partial charge on any atom is -0.302 e. The quantitative estimate of drug-likeness (QED) is 0.499. The molecule has 0 radical (unpaired) electrons. The topological polar surface area (TPSA) is 41.3 Å². The number of rotatable bonds is 2. The molecule has 0 spiro atoms. The molecule has 0 atom stereocenters. The molecule has 2 rings (SSSR count). The molecule has 0 amide bonds. The number of nitrogens with one attached hydrogen (secondary N) is 1. The second-order valence-electron chi connectivity index (χ2n) is 3.16. The van der Waals surface area contributed by atoms with E-state index in [1.165, 1.54) is 16.5 Å². The SMILES string of the molecule is NN1NC=C(Cc2c(Cl)ccc(Cl)c2Cl)S1. The average molecular weight is 297 g/mol. The minimum absolute atomic E-state index is 0.492. The number of halogens is 3. The van der Waals surface area contributed by atoms with Crippen LogP contribution in [0.5, 0.6) is 0 Å². The minimum atomic E-state index is 0.492. The normalized spacial score (nSPS) is 16.1. The summed E-state index contributed by atoms with van der Waals surface area (Å²) < 4.78 is 1.40. The van der Waals surface area contributed by atoms with Gasteiger partial charge in [-0.15, -0.1) is 0 Å². The zero-order chi connectivity index (χ0) is 11.7. The lowest BCUT2D eigenvalue weighted by Gasteiger charge is -2.09. The summed E-state index contributed by atoms with van der Waals surface area (Å²) in [5.41, 5.74) is 3.65. The molecular formula is C9H8Cl3N3S. The van der Waals surface area contributed by atoms with Crippen LogP contribution < -0.4 is 11.3 Å². The van der Waals surface area contributed by atoms with Crippen LogP contribution >= 0.6 is 46.8 Å². The molecule has 1 aromatic carbocycles. The van der Waals surface area contributed by atoms with E-state index in [0.717, 1.165) is 10.5 Å². The van der Waals surface area contributed by atoms with Crippen LogP contribution in [0.3, 0.4) is 0 Å². The Kier molecular flexibility index (Phi) is 3.89. The first kappa shape index (κ1) is 12.4. The lowest BCUT2D eigenvalue weighted by molar-refractivity contribution is 0.440. The van der Waals surface area contributed by atoms with Crippen LogP contribution in [0.1, 0.15) is 5.56 Å². The van der Waals surface area contributed by atoms with Crippen LogP contribution in [0.25, 0.3) is 0 Å². The predicted octanol–water partition coefficient (Wildman–Crippen LogP) is 3.37. The van der Waals surface area contributed by atoms with Crippen molar-refractivity contribution in [1.82, 2.24) is 9.95 Å². The molecule has 1 aliphatic rings. The molecule has 1 heterocycles. The smallest absolute Gasteiger partial charge is 0.0642 e. The highest BCUT2D eigenvalue weighted by Crippen LogP contribution is 2.35. The number of hydrogen-bond acceptors (Lipinski definition) is 4. The third-order valence-corrected chi connectivity index (χ3v) is 4.05. The molecule has 0 fully saturated rings. The van der Waals surface area contributed by atoms with E-state index in [2.05, 4.69) is 5.43 Å². The molecule has 86 valence electrons. The highest BCUT2D eigenvalue weighted by Gasteiger charge is 2.16. The molecule has 16 heavy (non-hydrogen) atoms. The fourth-order valence-electron chi connectivity index (χ4n) is 1.30. The summed E-state index contributed by atoms with van der Waals surface area (Å²) in [6, 6.07) is 3.41. The van der Waals surface area contributed by atoms with E-state index in [1.54, 1.807) is 18.3 Å². The monoisotopic (exact) mass is 295 g/mol. The molecule has 0 aromatic heterocycles. The second-order valence-corrected chi connectivity index (χ2v) is 5.45. The molecule has 0 unspecified atom stereocenters. The third-order valence-electron chi connectivity index (χ3n) is 2.06. The van der Waals surface area contributed by atoms with Gasteiger partial charge in [0.1, 0.15) is 0 Å². The van der Waals surface area contributed by atoms with E-state index in [9.17, 15) is 0 Å². The first-order chi connectivity index (χ1) is 7.58. The molecule has 3 N–H and O–H groups in total. The fraction of sp³-hybridized carbons (Fsp3) is 0.111. The summed E-state index contributed by atoms with van der Waals surface area (Å²) in [7, 11) is 0. The maximum Gasteiger partial charge on any atom is 0.0642 e. The van der Waals surface area contributed by atoms with Crippen LogP contribution in [-0.2, 0) is 6.42 Å². The van der Waals surface area contributed by atoms with Crippen LogP contribution in [0.4, 0.5) is 0 Å². The fourth-order valence-corrected chi connectivity index (χ4v) is 2.66. The van der Waals surface area contributed by atoms with Gasteiger partial charge in [0.2, 0.25) is 0 Å². The number of benzene rings is 1. The zero-order valence-corrected chi connectivity index (χ0v) is 11.1. The summed E-state index contributed by atoms with van der Waals surface area (Å²) in [6.45, 7) is 0. The molecule has 0 saturated carbocycles. The van der Waals surface area contributed by atoms with E-state index in [0.29, 0.717) is 21.5 Å². The third kappa shape index (κ3) is 2.59. The Hall–Kier alpha value is -0.100. The van der Waals surface area contributed by atoms with Gasteiger partial charge in [-0.05, 0) is 29.6 Å². The summed E-state index contributed by atoms with van der Waals surface area (Å²) in [6.07, 6.45) is 2.40. The lowest BCUT2D eigenvalue weighted by atomic mass is 10.1. The summed E-state index contributed by atoms with van der Waals surface area (Å²) in [4.78, 5) is 1.02. The average Bonchev–Trinajstić information content (AvgIpc) is 2.65. The van der Waals surface area contributed by atoms with E-state index in [4.69, 9.17) is 40.6 Å². The predicted molar refractivity (Wildman–Crippen MR) is 70.0 cm³/mol. The van der Waals surface area contributed by atoms with Gasteiger partial charge >= 0.3 is 0 Å². The standard InChI is InChI=1S/C9H8Cl3N3S/c10-7-1-2-8(11)9(12)6(7)3-5-4-14-15(13)16-5/h1-2,4,14H,3,13H2. The summed E-state index contributed by atoms with van der Waals surface area (Å²) in [5.74, 6) is 5.53. The van der Waals surface area contributed by atoms with Gasteiger partial charge in [-0.2, -0.15) is 0 Å². The van der Waals surface area contributed by atoms with Gasteiger partial charge in [0.15, 0.2) is 0 Å². The van der Waals surface area contributed by atoms with Crippen LogP contribution in [0, 0.1) is 0 Å².